The number of aromatic amines is 1. The maximum absolute atomic E-state index is 13.8. The van der Waals surface area contributed by atoms with Crippen molar-refractivity contribution < 1.29 is 9.18 Å². The largest absolute Gasteiger partial charge is 0.338 e. The Morgan fingerprint density at radius 2 is 2.13 bits per heavy atom. The van der Waals surface area contributed by atoms with Crippen LogP contribution < -0.4 is 0 Å². The highest BCUT2D eigenvalue weighted by molar-refractivity contribution is 5.76. The number of aromatic nitrogens is 3. The van der Waals surface area contributed by atoms with E-state index in [2.05, 4.69) is 22.1 Å². The molecule has 0 bridgehead atoms. The summed E-state index contributed by atoms with van der Waals surface area (Å²) in [4.78, 5) is 18.4. The SMILES string of the molecule is CCCCN(Cc1ccccc1F)C(=O)CCc1n[nH]c(C)n1. The lowest BCUT2D eigenvalue weighted by Crippen LogP contribution is -2.32. The summed E-state index contributed by atoms with van der Waals surface area (Å²) in [6, 6.07) is 6.59. The van der Waals surface area contributed by atoms with Gasteiger partial charge in [0.15, 0.2) is 5.82 Å². The van der Waals surface area contributed by atoms with Crippen LogP contribution in [0.15, 0.2) is 24.3 Å². The summed E-state index contributed by atoms with van der Waals surface area (Å²) in [7, 11) is 0. The van der Waals surface area contributed by atoms with E-state index in [0.29, 0.717) is 37.3 Å². The first-order valence-corrected chi connectivity index (χ1v) is 7.99. The quantitative estimate of drug-likeness (QED) is 0.814. The summed E-state index contributed by atoms with van der Waals surface area (Å²) < 4.78 is 13.8. The third-order valence-electron chi connectivity index (χ3n) is 3.66. The number of hydrogen-bond acceptors (Lipinski definition) is 3. The van der Waals surface area contributed by atoms with Gasteiger partial charge in [-0.2, -0.15) is 5.10 Å². The van der Waals surface area contributed by atoms with E-state index in [1.165, 1.54) is 6.07 Å². The van der Waals surface area contributed by atoms with Gasteiger partial charge < -0.3 is 4.90 Å². The van der Waals surface area contributed by atoms with Crippen LogP contribution in [0.5, 0.6) is 0 Å². The van der Waals surface area contributed by atoms with Crippen molar-refractivity contribution in [2.24, 2.45) is 0 Å². The van der Waals surface area contributed by atoms with Crippen molar-refractivity contribution in [2.45, 2.75) is 46.1 Å². The van der Waals surface area contributed by atoms with Gasteiger partial charge >= 0.3 is 0 Å². The van der Waals surface area contributed by atoms with Gasteiger partial charge in [0.05, 0.1) is 0 Å². The first-order valence-electron chi connectivity index (χ1n) is 7.99. The number of aryl methyl sites for hydroxylation is 2. The van der Waals surface area contributed by atoms with Gasteiger partial charge in [-0.25, -0.2) is 9.37 Å². The first-order chi connectivity index (χ1) is 11.1. The molecule has 2 aromatic rings. The fourth-order valence-corrected chi connectivity index (χ4v) is 2.35. The van der Waals surface area contributed by atoms with Gasteiger partial charge in [0.25, 0.3) is 0 Å². The number of carbonyl (C=O) groups is 1. The molecular formula is C17H23FN4O. The molecule has 0 spiro atoms. The summed E-state index contributed by atoms with van der Waals surface area (Å²) in [6.45, 7) is 4.83. The molecular weight excluding hydrogens is 295 g/mol. The second kappa shape index (κ2) is 8.41. The molecule has 1 heterocycles. The van der Waals surface area contributed by atoms with Gasteiger partial charge in [-0.15, -0.1) is 0 Å². The molecule has 0 fully saturated rings. The molecule has 1 amide bonds. The molecule has 1 aromatic carbocycles. The van der Waals surface area contributed by atoms with E-state index in [-0.39, 0.29) is 11.7 Å². The molecule has 0 aliphatic rings. The number of carbonyl (C=O) groups excluding carboxylic acids is 1. The number of halogens is 1. The lowest BCUT2D eigenvalue weighted by Gasteiger charge is -2.23. The number of H-pyrrole nitrogens is 1. The maximum atomic E-state index is 13.8. The van der Waals surface area contributed by atoms with E-state index >= 15 is 0 Å². The highest BCUT2D eigenvalue weighted by atomic mass is 19.1. The van der Waals surface area contributed by atoms with E-state index in [4.69, 9.17) is 0 Å². The zero-order valence-electron chi connectivity index (χ0n) is 13.7. The van der Waals surface area contributed by atoms with E-state index < -0.39 is 0 Å². The molecule has 0 unspecified atom stereocenters. The van der Waals surface area contributed by atoms with Gasteiger partial charge in [0, 0.05) is 31.5 Å². The lowest BCUT2D eigenvalue weighted by molar-refractivity contribution is -0.131. The highest BCUT2D eigenvalue weighted by Gasteiger charge is 2.16. The van der Waals surface area contributed by atoms with E-state index in [9.17, 15) is 9.18 Å². The molecule has 0 saturated carbocycles. The standard InChI is InChI=1S/C17H23FN4O/c1-3-4-11-22(12-14-7-5-6-8-15(14)18)17(23)10-9-16-19-13(2)20-21-16/h5-8H,3-4,9-12H2,1-2H3,(H,19,20,21). The minimum absolute atomic E-state index is 0.00385. The summed E-state index contributed by atoms with van der Waals surface area (Å²) in [5.41, 5.74) is 0.547. The Kier molecular flexibility index (Phi) is 6.26. The van der Waals surface area contributed by atoms with Crippen LogP contribution in [0, 0.1) is 12.7 Å². The van der Waals surface area contributed by atoms with Crippen LogP contribution in [-0.2, 0) is 17.8 Å². The smallest absolute Gasteiger partial charge is 0.223 e. The molecule has 23 heavy (non-hydrogen) atoms. The number of nitrogens with one attached hydrogen (secondary N) is 1. The molecule has 6 heteroatoms. The molecule has 5 nitrogen and oxygen atoms in total. The maximum Gasteiger partial charge on any atom is 0.223 e. The minimum atomic E-state index is -0.272. The third-order valence-corrected chi connectivity index (χ3v) is 3.66. The van der Waals surface area contributed by atoms with Crippen molar-refractivity contribution in [1.82, 2.24) is 20.1 Å². The highest BCUT2D eigenvalue weighted by Crippen LogP contribution is 2.12. The molecule has 0 atom stereocenters. The van der Waals surface area contributed by atoms with E-state index in [1.54, 1.807) is 23.1 Å². The van der Waals surface area contributed by atoms with Crippen molar-refractivity contribution in [1.29, 1.82) is 0 Å². The van der Waals surface area contributed by atoms with Crippen LogP contribution in [0.25, 0.3) is 0 Å². The number of nitrogens with zero attached hydrogens (tertiary/aromatic N) is 3. The third kappa shape index (κ3) is 5.16. The van der Waals surface area contributed by atoms with Crippen LogP contribution in [0.4, 0.5) is 4.39 Å². The molecule has 0 aliphatic carbocycles. The van der Waals surface area contributed by atoms with Crippen molar-refractivity contribution in [3.05, 3.63) is 47.3 Å². The zero-order chi connectivity index (χ0) is 16.7. The molecule has 1 N–H and O–H groups in total. The second-order valence-corrected chi connectivity index (χ2v) is 5.60. The minimum Gasteiger partial charge on any atom is -0.338 e. The van der Waals surface area contributed by atoms with Crippen molar-refractivity contribution >= 4 is 5.91 Å². The van der Waals surface area contributed by atoms with Crippen molar-refractivity contribution in [3.63, 3.8) is 0 Å². The lowest BCUT2D eigenvalue weighted by atomic mass is 10.1. The topological polar surface area (TPSA) is 61.9 Å². The molecule has 0 radical (unpaired) electrons. The Bertz CT molecular complexity index is 641. The molecule has 124 valence electrons. The summed E-state index contributed by atoms with van der Waals surface area (Å²) >= 11 is 0. The average molecular weight is 318 g/mol. The van der Waals surface area contributed by atoms with Crippen LogP contribution in [0.2, 0.25) is 0 Å². The molecule has 0 aliphatic heterocycles. The number of hydrogen-bond donors (Lipinski definition) is 1. The molecule has 2 rings (SSSR count). The van der Waals surface area contributed by atoms with Crippen molar-refractivity contribution in [2.75, 3.05) is 6.54 Å². The summed E-state index contributed by atoms with van der Waals surface area (Å²) in [5.74, 6) is 1.11. The van der Waals surface area contributed by atoms with Gasteiger partial charge in [-0.1, -0.05) is 31.5 Å². The van der Waals surface area contributed by atoms with Crippen LogP contribution >= 0.6 is 0 Å². The van der Waals surface area contributed by atoms with Crippen LogP contribution in [0.1, 0.15) is 43.4 Å². The van der Waals surface area contributed by atoms with E-state index in [0.717, 1.165) is 18.7 Å². The van der Waals surface area contributed by atoms with Gasteiger partial charge in [0.2, 0.25) is 5.91 Å². The zero-order valence-corrected chi connectivity index (χ0v) is 13.7. The van der Waals surface area contributed by atoms with E-state index in [1.807, 2.05) is 6.92 Å². The first kappa shape index (κ1) is 17.1. The normalized spacial score (nSPS) is 10.7. The second-order valence-electron chi connectivity index (χ2n) is 5.60. The number of rotatable bonds is 8. The number of benzene rings is 1. The number of amides is 1. The van der Waals surface area contributed by atoms with Crippen LogP contribution in [-0.4, -0.2) is 32.5 Å². The van der Waals surface area contributed by atoms with Crippen LogP contribution in [0.3, 0.4) is 0 Å². The Morgan fingerprint density at radius 1 is 1.35 bits per heavy atom. The Hall–Kier alpha value is -2.24. The summed E-state index contributed by atoms with van der Waals surface area (Å²) in [6.07, 6.45) is 2.71. The average Bonchev–Trinajstić information content (AvgIpc) is 2.96. The fraction of sp³-hybridized carbons (Fsp3) is 0.471. The molecule has 1 aromatic heterocycles. The monoisotopic (exact) mass is 318 g/mol. The molecule has 0 saturated heterocycles. The predicted molar refractivity (Wildman–Crippen MR) is 86.2 cm³/mol. The Labute approximate surface area is 135 Å². The summed E-state index contributed by atoms with van der Waals surface area (Å²) in [5, 5.41) is 6.81. The Morgan fingerprint density at radius 3 is 2.78 bits per heavy atom. The predicted octanol–water partition coefficient (Wildman–Crippen LogP) is 3.01. The number of unbranched alkanes of at least 4 members (excludes halogenated alkanes) is 1. The Balaban J connectivity index is 1.98. The van der Waals surface area contributed by atoms with Gasteiger partial charge in [-0.05, 0) is 19.4 Å². The van der Waals surface area contributed by atoms with Gasteiger partial charge in [-0.3, -0.25) is 9.89 Å². The fourth-order valence-electron chi connectivity index (χ4n) is 2.35. The van der Waals surface area contributed by atoms with Crippen molar-refractivity contribution in [3.8, 4) is 0 Å². The van der Waals surface area contributed by atoms with Gasteiger partial charge in [0.1, 0.15) is 11.6 Å².